The summed E-state index contributed by atoms with van der Waals surface area (Å²) in [6.07, 6.45) is 2.47. The Morgan fingerprint density at radius 1 is 1.21 bits per heavy atom. The number of hydrogen-bond donors (Lipinski definition) is 1. The molecule has 2 N–H and O–H groups in total. The largest absolute Gasteiger partial charge is 0.330 e. The summed E-state index contributed by atoms with van der Waals surface area (Å²) in [5.74, 6) is 0. The molecule has 0 bridgehead atoms. The topological polar surface area (TPSA) is 29.3 Å². The van der Waals surface area contributed by atoms with Gasteiger partial charge < -0.3 is 5.73 Å². The molecule has 1 saturated heterocycles. The summed E-state index contributed by atoms with van der Waals surface area (Å²) in [4.78, 5) is 2.56. The lowest BCUT2D eigenvalue weighted by molar-refractivity contribution is 0.174. The minimum Gasteiger partial charge on any atom is -0.330 e. The zero-order chi connectivity index (χ0) is 13.9. The van der Waals surface area contributed by atoms with Gasteiger partial charge in [-0.3, -0.25) is 4.90 Å². The molecule has 1 unspecified atom stereocenters. The number of hydrogen-bond acceptors (Lipinski definition) is 2. The average molecular weight is 260 g/mol. The van der Waals surface area contributed by atoms with Crippen LogP contribution in [0, 0.1) is 10.8 Å². The molecule has 1 aliphatic heterocycles. The highest BCUT2D eigenvalue weighted by atomic mass is 15.2. The second-order valence-electron chi connectivity index (χ2n) is 7.39. The van der Waals surface area contributed by atoms with Crippen LogP contribution in [0.15, 0.2) is 30.3 Å². The van der Waals surface area contributed by atoms with Crippen molar-refractivity contribution in [1.82, 2.24) is 4.90 Å². The van der Waals surface area contributed by atoms with Crippen LogP contribution < -0.4 is 5.73 Å². The van der Waals surface area contributed by atoms with Crippen LogP contribution in [0.3, 0.4) is 0 Å². The first-order valence-electron chi connectivity index (χ1n) is 7.39. The van der Waals surface area contributed by atoms with E-state index in [1.807, 2.05) is 0 Å². The van der Waals surface area contributed by atoms with Crippen LogP contribution in [0.25, 0.3) is 0 Å². The lowest BCUT2D eigenvalue weighted by Crippen LogP contribution is -2.37. The van der Waals surface area contributed by atoms with Gasteiger partial charge in [0.2, 0.25) is 0 Å². The number of benzene rings is 1. The van der Waals surface area contributed by atoms with Crippen LogP contribution in [0.2, 0.25) is 0 Å². The molecule has 1 aliphatic rings. The molecule has 0 aromatic heterocycles. The highest BCUT2D eigenvalue weighted by Gasteiger charge is 2.39. The van der Waals surface area contributed by atoms with Crippen molar-refractivity contribution < 1.29 is 0 Å². The first-order chi connectivity index (χ1) is 8.92. The normalized spacial score (nSPS) is 24.8. The van der Waals surface area contributed by atoms with Crippen LogP contribution >= 0.6 is 0 Å². The van der Waals surface area contributed by atoms with Gasteiger partial charge in [-0.1, -0.05) is 51.1 Å². The van der Waals surface area contributed by atoms with Crippen molar-refractivity contribution in [1.29, 1.82) is 0 Å². The zero-order valence-corrected chi connectivity index (χ0v) is 12.7. The predicted octanol–water partition coefficient (Wildman–Crippen LogP) is 3.27. The first kappa shape index (κ1) is 14.5. The summed E-state index contributed by atoms with van der Waals surface area (Å²) in [7, 11) is 0. The molecular weight excluding hydrogens is 232 g/mol. The van der Waals surface area contributed by atoms with Crippen molar-refractivity contribution in [2.75, 3.05) is 19.6 Å². The Bertz CT molecular complexity index is 393. The van der Waals surface area contributed by atoms with Gasteiger partial charge in [-0.2, -0.15) is 0 Å². The third-order valence-corrected chi connectivity index (χ3v) is 4.10. The van der Waals surface area contributed by atoms with E-state index in [0.29, 0.717) is 10.8 Å². The Labute approximate surface area is 118 Å². The van der Waals surface area contributed by atoms with Gasteiger partial charge >= 0.3 is 0 Å². The molecule has 0 saturated carbocycles. The summed E-state index contributed by atoms with van der Waals surface area (Å²) in [6, 6.07) is 10.8. The fourth-order valence-electron chi connectivity index (χ4n) is 3.51. The van der Waals surface area contributed by atoms with Crippen molar-refractivity contribution >= 4 is 0 Å². The number of likely N-dealkylation sites (tertiary alicyclic amines) is 1. The fraction of sp³-hybridized carbons (Fsp3) is 0.647. The molecule has 1 aromatic carbocycles. The highest BCUT2D eigenvalue weighted by molar-refractivity contribution is 5.15. The van der Waals surface area contributed by atoms with Crippen molar-refractivity contribution in [2.45, 2.75) is 40.2 Å². The van der Waals surface area contributed by atoms with E-state index in [-0.39, 0.29) is 0 Å². The van der Waals surface area contributed by atoms with Crippen LogP contribution in [-0.4, -0.2) is 24.5 Å². The minimum absolute atomic E-state index is 0.326. The predicted molar refractivity (Wildman–Crippen MR) is 81.9 cm³/mol. The summed E-state index contributed by atoms with van der Waals surface area (Å²) >= 11 is 0. The minimum atomic E-state index is 0.326. The van der Waals surface area contributed by atoms with Crippen LogP contribution in [0.5, 0.6) is 0 Å². The van der Waals surface area contributed by atoms with E-state index in [1.54, 1.807) is 0 Å². The van der Waals surface area contributed by atoms with Crippen LogP contribution in [0.1, 0.15) is 39.2 Å². The quantitative estimate of drug-likeness (QED) is 0.900. The summed E-state index contributed by atoms with van der Waals surface area (Å²) in [5, 5.41) is 0. The third-order valence-electron chi connectivity index (χ3n) is 4.10. The van der Waals surface area contributed by atoms with Gasteiger partial charge in [0.25, 0.3) is 0 Å². The summed E-state index contributed by atoms with van der Waals surface area (Å²) < 4.78 is 0. The second kappa shape index (κ2) is 5.64. The summed E-state index contributed by atoms with van der Waals surface area (Å²) in [5.41, 5.74) is 8.20. The van der Waals surface area contributed by atoms with Crippen molar-refractivity contribution in [2.24, 2.45) is 16.6 Å². The van der Waals surface area contributed by atoms with E-state index in [4.69, 9.17) is 5.73 Å². The standard InChI is InChI=1S/C17H28N2/c1-16(2,3)12-17(13-18)9-10-19(14-17)11-15-7-5-4-6-8-15/h4-8H,9-14,18H2,1-3H3. The molecule has 106 valence electrons. The molecule has 1 atom stereocenters. The Hall–Kier alpha value is -0.860. The van der Waals surface area contributed by atoms with E-state index in [1.165, 1.54) is 24.9 Å². The van der Waals surface area contributed by atoms with Gasteiger partial charge in [0, 0.05) is 13.1 Å². The van der Waals surface area contributed by atoms with E-state index < -0.39 is 0 Å². The van der Waals surface area contributed by atoms with Gasteiger partial charge in [0.1, 0.15) is 0 Å². The average Bonchev–Trinajstić information content (AvgIpc) is 2.72. The Morgan fingerprint density at radius 3 is 2.47 bits per heavy atom. The van der Waals surface area contributed by atoms with Gasteiger partial charge in [0.05, 0.1) is 0 Å². The van der Waals surface area contributed by atoms with E-state index in [0.717, 1.165) is 19.6 Å². The molecule has 0 radical (unpaired) electrons. The third kappa shape index (κ3) is 4.05. The number of nitrogens with two attached hydrogens (primary N) is 1. The molecule has 2 rings (SSSR count). The van der Waals surface area contributed by atoms with Gasteiger partial charge in [-0.05, 0) is 42.3 Å². The molecule has 0 aliphatic carbocycles. The number of nitrogens with zero attached hydrogens (tertiary/aromatic N) is 1. The molecule has 19 heavy (non-hydrogen) atoms. The Morgan fingerprint density at radius 2 is 1.89 bits per heavy atom. The summed E-state index contributed by atoms with van der Waals surface area (Å²) in [6.45, 7) is 11.2. The Kier molecular flexibility index (Phi) is 4.32. The SMILES string of the molecule is CC(C)(C)CC1(CN)CCN(Cc2ccccc2)C1. The molecule has 2 heteroatoms. The van der Waals surface area contributed by atoms with Crippen molar-refractivity contribution in [3.63, 3.8) is 0 Å². The maximum atomic E-state index is 6.10. The maximum Gasteiger partial charge on any atom is 0.0233 e. The van der Waals surface area contributed by atoms with E-state index >= 15 is 0 Å². The van der Waals surface area contributed by atoms with Crippen molar-refractivity contribution in [3.8, 4) is 0 Å². The molecule has 0 amide bonds. The fourth-order valence-corrected chi connectivity index (χ4v) is 3.51. The van der Waals surface area contributed by atoms with Gasteiger partial charge in [-0.25, -0.2) is 0 Å². The molecule has 2 nitrogen and oxygen atoms in total. The first-order valence-corrected chi connectivity index (χ1v) is 7.39. The molecule has 0 spiro atoms. The Balaban J connectivity index is 1.98. The van der Waals surface area contributed by atoms with Gasteiger partial charge in [-0.15, -0.1) is 0 Å². The lowest BCUT2D eigenvalue weighted by atomic mass is 9.73. The molecule has 1 fully saturated rings. The highest BCUT2D eigenvalue weighted by Crippen LogP contribution is 2.40. The van der Waals surface area contributed by atoms with E-state index in [9.17, 15) is 0 Å². The zero-order valence-electron chi connectivity index (χ0n) is 12.7. The second-order valence-corrected chi connectivity index (χ2v) is 7.39. The number of rotatable bonds is 4. The molecule has 1 heterocycles. The van der Waals surface area contributed by atoms with Crippen molar-refractivity contribution in [3.05, 3.63) is 35.9 Å². The molecular formula is C17H28N2. The maximum absolute atomic E-state index is 6.10. The van der Waals surface area contributed by atoms with E-state index in [2.05, 4.69) is 56.0 Å². The van der Waals surface area contributed by atoms with Crippen LogP contribution in [-0.2, 0) is 6.54 Å². The smallest absolute Gasteiger partial charge is 0.0233 e. The lowest BCUT2D eigenvalue weighted by Gasteiger charge is -2.34. The monoisotopic (exact) mass is 260 g/mol. The van der Waals surface area contributed by atoms with Crippen LogP contribution in [0.4, 0.5) is 0 Å². The van der Waals surface area contributed by atoms with Gasteiger partial charge in [0.15, 0.2) is 0 Å². The molecule has 1 aromatic rings.